The molecule has 1 N–H and O–H groups in total. The van der Waals surface area contributed by atoms with Crippen molar-refractivity contribution < 1.29 is 14.3 Å². The van der Waals surface area contributed by atoms with Gasteiger partial charge in [0.2, 0.25) is 11.8 Å². The van der Waals surface area contributed by atoms with Gasteiger partial charge in [0.25, 0.3) is 0 Å². The predicted octanol–water partition coefficient (Wildman–Crippen LogP) is 0.864. The number of carbonyl (C=O) groups excluding carboxylic acids is 2. The van der Waals surface area contributed by atoms with Gasteiger partial charge in [-0.2, -0.15) is 0 Å². The van der Waals surface area contributed by atoms with E-state index in [1.54, 1.807) is 4.90 Å². The highest BCUT2D eigenvalue weighted by atomic mass is 16.5. The summed E-state index contributed by atoms with van der Waals surface area (Å²) in [5.74, 6) is 0.645. The van der Waals surface area contributed by atoms with Crippen molar-refractivity contribution in [2.45, 2.75) is 19.8 Å². The number of anilines is 1. The Kier molecular flexibility index (Phi) is 6.68. The number of amides is 2. The molecule has 1 aromatic carbocycles. The molecule has 0 spiro atoms. The molecule has 0 unspecified atom stereocenters. The second kappa shape index (κ2) is 9.19. The second-order valence-electron chi connectivity index (χ2n) is 7.36. The van der Waals surface area contributed by atoms with Crippen molar-refractivity contribution in [2.75, 3.05) is 64.4 Å². The van der Waals surface area contributed by atoms with Crippen LogP contribution in [0.3, 0.4) is 0 Å². The minimum Gasteiger partial charge on any atom is -0.490 e. The number of likely N-dealkylation sites (N-methyl/N-ethyl adjacent to an activating group) is 1. The lowest BCUT2D eigenvalue weighted by Gasteiger charge is -2.32. The molecule has 2 amide bonds. The van der Waals surface area contributed by atoms with Crippen LogP contribution in [0.2, 0.25) is 0 Å². The molecule has 2 aliphatic rings. The van der Waals surface area contributed by atoms with Crippen molar-refractivity contribution in [3.8, 4) is 5.75 Å². The van der Waals surface area contributed by atoms with E-state index in [2.05, 4.69) is 22.2 Å². The third-order valence-electron chi connectivity index (χ3n) is 5.19. The van der Waals surface area contributed by atoms with Gasteiger partial charge in [-0.25, -0.2) is 0 Å². The highest BCUT2D eigenvalue weighted by Crippen LogP contribution is 2.32. The average molecular weight is 374 g/mol. The number of aryl methyl sites for hydroxylation is 1. The SMILES string of the molecule is Cc1ccc2c(c1)N(C(=O)CCC(=O)NCCN1CCN(C)CC1)CCO2. The molecule has 0 aliphatic carbocycles. The fourth-order valence-electron chi connectivity index (χ4n) is 3.46. The number of benzene rings is 1. The van der Waals surface area contributed by atoms with Gasteiger partial charge in [0, 0.05) is 52.1 Å². The van der Waals surface area contributed by atoms with Crippen LogP contribution < -0.4 is 15.0 Å². The van der Waals surface area contributed by atoms with Gasteiger partial charge in [-0.15, -0.1) is 0 Å². The van der Waals surface area contributed by atoms with E-state index >= 15 is 0 Å². The minimum atomic E-state index is -0.0600. The van der Waals surface area contributed by atoms with Gasteiger partial charge in [-0.3, -0.25) is 14.5 Å². The third-order valence-corrected chi connectivity index (χ3v) is 5.19. The molecule has 0 aromatic heterocycles. The lowest BCUT2D eigenvalue weighted by molar-refractivity contribution is -0.125. The Morgan fingerprint density at radius 2 is 1.89 bits per heavy atom. The van der Waals surface area contributed by atoms with Crippen molar-refractivity contribution in [2.24, 2.45) is 0 Å². The summed E-state index contributed by atoms with van der Waals surface area (Å²) in [5, 5.41) is 2.94. The van der Waals surface area contributed by atoms with Crippen molar-refractivity contribution >= 4 is 17.5 Å². The van der Waals surface area contributed by atoms with Crippen LogP contribution in [-0.4, -0.2) is 81.1 Å². The summed E-state index contributed by atoms with van der Waals surface area (Å²) in [6, 6.07) is 5.83. The van der Waals surface area contributed by atoms with Gasteiger partial charge in [-0.1, -0.05) is 6.07 Å². The molecule has 1 saturated heterocycles. The topological polar surface area (TPSA) is 65.1 Å². The number of nitrogens with one attached hydrogen (secondary N) is 1. The molecule has 2 heterocycles. The quantitative estimate of drug-likeness (QED) is 0.800. The monoisotopic (exact) mass is 374 g/mol. The molecule has 1 fully saturated rings. The zero-order valence-electron chi connectivity index (χ0n) is 16.4. The molecule has 7 nitrogen and oxygen atoms in total. The lowest BCUT2D eigenvalue weighted by atomic mass is 10.1. The molecule has 148 valence electrons. The van der Waals surface area contributed by atoms with E-state index in [0.717, 1.165) is 49.7 Å². The highest BCUT2D eigenvalue weighted by molar-refractivity contribution is 5.97. The third kappa shape index (κ3) is 5.43. The standard InChI is InChI=1S/C20H30N4O3/c1-16-3-4-18-17(15-16)24(13-14-27-18)20(26)6-5-19(25)21-7-8-23-11-9-22(2)10-12-23/h3-4,15H,5-14H2,1-2H3,(H,21,25). The van der Waals surface area contributed by atoms with Gasteiger partial charge in [0.05, 0.1) is 12.2 Å². The first-order valence-electron chi connectivity index (χ1n) is 9.74. The summed E-state index contributed by atoms with van der Waals surface area (Å²) >= 11 is 0. The number of carbonyl (C=O) groups is 2. The number of nitrogens with zero attached hydrogens (tertiary/aromatic N) is 3. The first-order valence-corrected chi connectivity index (χ1v) is 9.74. The molecular formula is C20H30N4O3. The van der Waals surface area contributed by atoms with Crippen LogP contribution in [0.15, 0.2) is 18.2 Å². The molecule has 2 aliphatic heterocycles. The summed E-state index contributed by atoms with van der Waals surface area (Å²) in [6.07, 6.45) is 0.438. The molecular weight excluding hydrogens is 344 g/mol. The van der Waals surface area contributed by atoms with Crippen molar-refractivity contribution in [3.05, 3.63) is 23.8 Å². The van der Waals surface area contributed by atoms with Crippen molar-refractivity contribution in [1.82, 2.24) is 15.1 Å². The Morgan fingerprint density at radius 3 is 2.67 bits per heavy atom. The van der Waals surface area contributed by atoms with E-state index in [4.69, 9.17) is 4.74 Å². The maximum atomic E-state index is 12.6. The Morgan fingerprint density at radius 1 is 1.11 bits per heavy atom. The van der Waals surface area contributed by atoms with Gasteiger partial charge in [-0.05, 0) is 31.7 Å². The van der Waals surface area contributed by atoms with Gasteiger partial charge >= 0.3 is 0 Å². The van der Waals surface area contributed by atoms with E-state index in [1.807, 2.05) is 25.1 Å². The summed E-state index contributed by atoms with van der Waals surface area (Å²) < 4.78 is 5.62. The van der Waals surface area contributed by atoms with Crippen LogP contribution in [0.1, 0.15) is 18.4 Å². The van der Waals surface area contributed by atoms with Crippen molar-refractivity contribution in [3.63, 3.8) is 0 Å². The van der Waals surface area contributed by atoms with Crippen LogP contribution in [-0.2, 0) is 9.59 Å². The number of hydrogen-bond acceptors (Lipinski definition) is 5. The number of fused-ring (bicyclic) bond motifs is 1. The molecule has 0 bridgehead atoms. The van der Waals surface area contributed by atoms with Crippen LogP contribution in [0.5, 0.6) is 5.75 Å². The van der Waals surface area contributed by atoms with Crippen LogP contribution >= 0.6 is 0 Å². The number of piperazine rings is 1. The molecule has 7 heteroatoms. The fourth-order valence-corrected chi connectivity index (χ4v) is 3.46. The predicted molar refractivity (Wildman–Crippen MR) is 105 cm³/mol. The van der Waals surface area contributed by atoms with E-state index in [1.165, 1.54) is 0 Å². The zero-order chi connectivity index (χ0) is 19.2. The maximum absolute atomic E-state index is 12.6. The lowest BCUT2D eigenvalue weighted by Crippen LogP contribution is -2.47. The fraction of sp³-hybridized carbons (Fsp3) is 0.600. The van der Waals surface area contributed by atoms with E-state index < -0.39 is 0 Å². The van der Waals surface area contributed by atoms with Crippen LogP contribution in [0, 0.1) is 6.92 Å². The van der Waals surface area contributed by atoms with Crippen LogP contribution in [0.25, 0.3) is 0 Å². The average Bonchev–Trinajstić information content (AvgIpc) is 2.67. The summed E-state index contributed by atoms with van der Waals surface area (Å²) in [7, 11) is 2.13. The maximum Gasteiger partial charge on any atom is 0.227 e. The Hall–Kier alpha value is -2.12. The number of ether oxygens (including phenoxy) is 1. The molecule has 0 atom stereocenters. The van der Waals surface area contributed by atoms with E-state index in [9.17, 15) is 9.59 Å². The van der Waals surface area contributed by atoms with Gasteiger partial charge < -0.3 is 19.9 Å². The van der Waals surface area contributed by atoms with Crippen LogP contribution in [0.4, 0.5) is 5.69 Å². The Bertz CT molecular complexity index is 671. The largest absolute Gasteiger partial charge is 0.490 e. The number of hydrogen-bond donors (Lipinski definition) is 1. The highest BCUT2D eigenvalue weighted by Gasteiger charge is 2.24. The molecule has 3 rings (SSSR count). The first kappa shape index (κ1) is 19.6. The Balaban J connectivity index is 1.40. The minimum absolute atomic E-state index is 0.0284. The second-order valence-corrected chi connectivity index (χ2v) is 7.36. The van der Waals surface area contributed by atoms with E-state index in [0.29, 0.717) is 19.7 Å². The number of rotatable bonds is 6. The van der Waals surface area contributed by atoms with E-state index in [-0.39, 0.29) is 24.7 Å². The first-order chi connectivity index (χ1) is 13.0. The normalized spacial score (nSPS) is 17.9. The zero-order valence-corrected chi connectivity index (χ0v) is 16.4. The smallest absolute Gasteiger partial charge is 0.227 e. The molecule has 0 radical (unpaired) electrons. The Labute approximate surface area is 161 Å². The van der Waals surface area contributed by atoms with Gasteiger partial charge in [0.15, 0.2) is 0 Å². The summed E-state index contributed by atoms with van der Waals surface area (Å²) in [5.41, 5.74) is 1.89. The molecule has 0 saturated carbocycles. The molecule has 27 heavy (non-hydrogen) atoms. The van der Waals surface area contributed by atoms with Crippen molar-refractivity contribution in [1.29, 1.82) is 0 Å². The summed E-state index contributed by atoms with van der Waals surface area (Å²) in [4.78, 5) is 31.1. The summed E-state index contributed by atoms with van der Waals surface area (Å²) in [6.45, 7) is 8.73. The van der Waals surface area contributed by atoms with Gasteiger partial charge in [0.1, 0.15) is 12.4 Å². The molecule has 1 aromatic rings.